The van der Waals surface area contributed by atoms with E-state index in [0.29, 0.717) is 22.6 Å². The van der Waals surface area contributed by atoms with Gasteiger partial charge in [0.2, 0.25) is 5.91 Å². The van der Waals surface area contributed by atoms with Crippen LogP contribution >= 0.6 is 0 Å². The first-order valence-electron chi connectivity index (χ1n) is 9.10. The molecule has 142 valence electrons. The van der Waals surface area contributed by atoms with Gasteiger partial charge in [0.05, 0.1) is 12.1 Å². The molecular weight excluding hydrogens is 368 g/mol. The highest BCUT2D eigenvalue weighted by Crippen LogP contribution is 2.21. The third kappa shape index (κ3) is 3.20. The van der Waals surface area contributed by atoms with Crippen molar-refractivity contribution < 1.29 is 9.32 Å². The monoisotopic (exact) mass is 384 g/mol. The Bertz CT molecular complexity index is 1340. The zero-order valence-corrected chi connectivity index (χ0v) is 15.5. The van der Waals surface area contributed by atoms with Gasteiger partial charge in [-0.2, -0.15) is 9.61 Å². The summed E-state index contributed by atoms with van der Waals surface area (Å²) in [6, 6.07) is 18.8. The number of hydrogen-bond donors (Lipinski definition) is 1. The lowest BCUT2D eigenvalue weighted by atomic mass is 10.1. The van der Waals surface area contributed by atoms with Crippen molar-refractivity contribution in [1.82, 2.24) is 25.0 Å². The minimum absolute atomic E-state index is 0.143. The van der Waals surface area contributed by atoms with Gasteiger partial charge in [-0.3, -0.25) is 4.79 Å². The SMILES string of the molecule is Cc1nnc2ccc(-c3ccc(NC(=O)Cc4noc5ccccc45)cc3)nn12. The molecule has 0 fully saturated rings. The van der Waals surface area contributed by atoms with Crippen LogP contribution in [0.5, 0.6) is 0 Å². The van der Waals surface area contributed by atoms with E-state index in [1.54, 1.807) is 4.52 Å². The fourth-order valence-electron chi connectivity index (χ4n) is 3.20. The summed E-state index contributed by atoms with van der Waals surface area (Å²) in [5.74, 6) is 0.572. The summed E-state index contributed by atoms with van der Waals surface area (Å²) in [5.41, 5.74) is 4.43. The van der Waals surface area contributed by atoms with Crippen LogP contribution < -0.4 is 5.32 Å². The zero-order valence-electron chi connectivity index (χ0n) is 15.5. The Hall–Kier alpha value is -4.07. The van der Waals surface area contributed by atoms with Gasteiger partial charge in [-0.25, -0.2) is 0 Å². The van der Waals surface area contributed by atoms with E-state index in [2.05, 4.69) is 25.8 Å². The van der Waals surface area contributed by atoms with Crippen molar-refractivity contribution >= 4 is 28.2 Å². The fourth-order valence-corrected chi connectivity index (χ4v) is 3.20. The first-order chi connectivity index (χ1) is 14.2. The summed E-state index contributed by atoms with van der Waals surface area (Å²) < 4.78 is 6.95. The number of fused-ring (bicyclic) bond motifs is 2. The maximum atomic E-state index is 12.4. The van der Waals surface area contributed by atoms with Crippen LogP contribution in [0, 0.1) is 6.92 Å². The molecule has 3 heterocycles. The average Bonchev–Trinajstić information content (AvgIpc) is 3.32. The van der Waals surface area contributed by atoms with Crippen molar-refractivity contribution in [3.8, 4) is 11.3 Å². The number of carbonyl (C=O) groups is 1. The number of anilines is 1. The van der Waals surface area contributed by atoms with Gasteiger partial charge in [-0.1, -0.05) is 29.4 Å². The van der Waals surface area contributed by atoms with E-state index >= 15 is 0 Å². The fraction of sp³-hybridized carbons (Fsp3) is 0.0952. The van der Waals surface area contributed by atoms with Crippen molar-refractivity contribution in [2.24, 2.45) is 0 Å². The molecule has 0 saturated carbocycles. The zero-order chi connectivity index (χ0) is 19.8. The molecule has 5 aromatic rings. The van der Waals surface area contributed by atoms with Gasteiger partial charge < -0.3 is 9.84 Å². The Morgan fingerprint density at radius 1 is 1.03 bits per heavy atom. The van der Waals surface area contributed by atoms with Crippen molar-refractivity contribution in [3.05, 3.63) is 72.2 Å². The van der Waals surface area contributed by atoms with Crippen LogP contribution in [0.1, 0.15) is 11.5 Å². The summed E-state index contributed by atoms with van der Waals surface area (Å²) in [6.07, 6.45) is 0.143. The van der Waals surface area contributed by atoms with E-state index in [1.807, 2.05) is 67.6 Å². The highest BCUT2D eigenvalue weighted by atomic mass is 16.5. The lowest BCUT2D eigenvalue weighted by Crippen LogP contribution is -2.14. The van der Waals surface area contributed by atoms with E-state index < -0.39 is 0 Å². The Labute approximate surface area is 165 Å². The van der Waals surface area contributed by atoms with E-state index in [4.69, 9.17) is 4.52 Å². The minimum atomic E-state index is -0.156. The van der Waals surface area contributed by atoms with Crippen molar-refractivity contribution in [2.75, 3.05) is 5.32 Å². The van der Waals surface area contributed by atoms with Crippen LogP contribution in [-0.4, -0.2) is 30.9 Å². The molecule has 0 aliphatic rings. The molecule has 0 aliphatic heterocycles. The first kappa shape index (κ1) is 17.1. The summed E-state index contributed by atoms with van der Waals surface area (Å²) in [7, 11) is 0. The third-order valence-corrected chi connectivity index (χ3v) is 4.66. The number of aryl methyl sites for hydroxylation is 1. The van der Waals surface area contributed by atoms with E-state index in [1.165, 1.54) is 0 Å². The van der Waals surface area contributed by atoms with E-state index in [9.17, 15) is 4.79 Å². The Kier molecular flexibility index (Phi) is 4.02. The van der Waals surface area contributed by atoms with Crippen LogP contribution in [0.3, 0.4) is 0 Å². The molecule has 0 saturated heterocycles. The number of carbonyl (C=O) groups excluding carboxylic acids is 1. The van der Waals surface area contributed by atoms with Crippen molar-refractivity contribution in [2.45, 2.75) is 13.3 Å². The number of amides is 1. The smallest absolute Gasteiger partial charge is 0.230 e. The standard InChI is InChI=1S/C21H16N6O2/c1-13-23-24-20-11-10-17(25-27(13)20)14-6-8-15(9-7-14)22-21(28)12-18-16-4-2-3-5-19(16)29-26-18/h2-11H,12H2,1H3,(H,22,28). The molecule has 0 aliphatic carbocycles. The second-order valence-electron chi connectivity index (χ2n) is 6.66. The maximum Gasteiger partial charge on any atom is 0.230 e. The molecule has 0 radical (unpaired) electrons. The highest BCUT2D eigenvalue weighted by Gasteiger charge is 2.12. The lowest BCUT2D eigenvalue weighted by Gasteiger charge is -2.06. The van der Waals surface area contributed by atoms with Gasteiger partial charge in [-0.15, -0.1) is 10.2 Å². The van der Waals surface area contributed by atoms with Crippen LogP contribution in [-0.2, 0) is 11.2 Å². The molecule has 0 bridgehead atoms. The van der Waals surface area contributed by atoms with Gasteiger partial charge in [0.1, 0.15) is 5.69 Å². The maximum absolute atomic E-state index is 12.4. The largest absolute Gasteiger partial charge is 0.356 e. The van der Waals surface area contributed by atoms with Crippen LogP contribution in [0.2, 0.25) is 0 Å². The molecular formula is C21H16N6O2. The van der Waals surface area contributed by atoms with Crippen molar-refractivity contribution in [3.63, 3.8) is 0 Å². The number of rotatable bonds is 4. The van der Waals surface area contributed by atoms with Crippen LogP contribution in [0.4, 0.5) is 5.69 Å². The number of hydrogen-bond acceptors (Lipinski definition) is 6. The number of nitrogens with zero attached hydrogens (tertiary/aromatic N) is 5. The molecule has 1 amide bonds. The topological polar surface area (TPSA) is 98.2 Å². The number of para-hydroxylation sites is 1. The Morgan fingerprint density at radius 3 is 2.72 bits per heavy atom. The summed E-state index contributed by atoms with van der Waals surface area (Å²) >= 11 is 0. The third-order valence-electron chi connectivity index (χ3n) is 4.66. The summed E-state index contributed by atoms with van der Waals surface area (Å²) in [5, 5.41) is 20.4. The van der Waals surface area contributed by atoms with Crippen LogP contribution in [0.25, 0.3) is 27.9 Å². The van der Waals surface area contributed by atoms with Gasteiger partial charge in [0.15, 0.2) is 17.1 Å². The second-order valence-corrected chi connectivity index (χ2v) is 6.66. The molecule has 5 rings (SSSR count). The van der Waals surface area contributed by atoms with Crippen molar-refractivity contribution in [1.29, 1.82) is 0 Å². The molecule has 1 N–H and O–H groups in total. The number of benzene rings is 2. The predicted molar refractivity (Wildman–Crippen MR) is 107 cm³/mol. The normalized spacial score (nSPS) is 11.2. The van der Waals surface area contributed by atoms with Gasteiger partial charge in [0, 0.05) is 16.6 Å². The molecule has 0 spiro atoms. The lowest BCUT2D eigenvalue weighted by molar-refractivity contribution is -0.115. The average molecular weight is 384 g/mol. The quantitative estimate of drug-likeness (QED) is 0.510. The number of aromatic nitrogens is 5. The van der Waals surface area contributed by atoms with E-state index in [0.717, 1.165) is 22.5 Å². The molecule has 2 aromatic carbocycles. The van der Waals surface area contributed by atoms with Crippen LogP contribution in [0.15, 0.2) is 65.2 Å². The number of nitrogens with one attached hydrogen (secondary N) is 1. The first-order valence-corrected chi connectivity index (χ1v) is 9.10. The molecule has 0 unspecified atom stereocenters. The summed E-state index contributed by atoms with van der Waals surface area (Å²) in [6.45, 7) is 1.85. The molecule has 29 heavy (non-hydrogen) atoms. The van der Waals surface area contributed by atoms with Gasteiger partial charge >= 0.3 is 0 Å². The highest BCUT2D eigenvalue weighted by molar-refractivity contribution is 5.94. The Balaban J connectivity index is 1.32. The van der Waals surface area contributed by atoms with Gasteiger partial charge in [-0.05, 0) is 43.3 Å². The molecule has 8 heteroatoms. The summed E-state index contributed by atoms with van der Waals surface area (Å²) in [4.78, 5) is 12.4. The predicted octanol–water partition coefficient (Wildman–Crippen LogP) is 3.42. The molecule has 0 atom stereocenters. The molecule has 8 nitrogen and oxygen atoms in total. The minimum Gasteiger partial charge on any atom is -0.356 e. The molecule has 3 aromatic heterocycles. The Morgan fingerprint density at radius 2 is 1.86 bits per heavy atom. The van der Waals surface area contributed by atoms with E-state index in [-0.39, 0.29) is 12.3 Å². The van der Waals surface area contributed by atoms with Gasteiger partial charge in [0.25, 0.3) is 0 Å². The second kappa shape index (κ2) is 6.83.